The summed E-state index contributed by atoms with van der Waals surface area (Å²) in [4.78, 5) is 28.0. The Morgan fingerprint density at radius 3 is 2.72 bits per heavy atom. The third-order valence-electron chi connectivity index (χ3n) is 5.80. The maximum absolute atomic E-state index is 12.9. The number of aryl methyl sites for hydroxylation is 1. The van der Waals surface area contributed by atoms with Gasteiger partial charge in [0.25, 0.3) is 10.0 Å². The number of anilines is 2. The summed E-state index contributed by atoms with van der Waals surface area (Å²) >= 11 is 1.46. The number of likely N-dealkylation sites (tertiary alicyclic amines) is 1. The number of rotatable bonds is 6. The second kappa shape index (κ2) is 9.54. The topological polar surface area (TPSA) is 95.6 Å². The van der Waals surface area contributed by atoms with Crippen LogP contribution < -0.4 is 10.0 Å². The molecule has 170 valence electrons. The molecule has 2 aromatic rings. The van der Waals surface area contributed by atoms with Gasteiger partial charge < -0.3 is 10.2 Å². The number of sulfonamides is 1. The Labute approximate surface area is 193 Å². The average molecular weight is 474 g/mol. The van der Waals surface area contributed by atoms with Gasteiger partial charge in [-0.2, -0.15) is 0 Å². The van der Waals surface area contributed by atoms with E-state index in [0.717, 1.165) is 42.8 Å². The van der Waals surface area contributed by atoms with Crippen LogP contribution >= 0.6 is 11.8 Å². The Kier molecular flexibility index (Phi) is 6.76. The van der Waals surface area contributed by atoms with Gasteiger partial charge in [-0.25, -0.2) is 8.42 Å². The van der Waals surface area contributed by atoms with Crippen molar-refractivity contribution in [3.8, 4) is 0 Å². The smallest absolute Gasteiger partial charge is 0.261 e. The van der Waals surface area contributed by atoms with Crippen molar-refractivity contribution in [3.05, 3.63) is 48.0 Å². The molecule has 1 atom stereocenters. The number of hydrogen-bond donors (Lipinski definition) is 2. The van der Waals surface area contributed by atoms with Gasteiger partial charge in [0.1, 0.15) is 0 Å². The summed E-state index contributed by atoms with van der Waals surface area (Å²) in [5.74, 6) is -0.208. The summed E-state index contributed by atoms with van der Waals surface area (Å²) in [5, 5.41) is 2.84. The van der Waals surface area contributed by atoms with E-state index in [1.165, 1.54) is 17.8 Å². The van der Waals surface area contributed by atoms with Gasteiger partial charge in [0.2, 0.25) is 11.8 Å². The van der Waals surface area contributed by atoms with Crippen LogP contribution in [0.3, 0.4) is 0 Å². The first-order chi connectivity index (χ1) is 15.4. The van der Waals surface area contributed by atoms with E-state index in [2.05, 4.69) is 10.0 Å². The molecular weight excluding hydrogens is 446 g/mol. The van der Waals surface area contributed by atoms with Gasteiger partial charge >= 0.3 is 0 Å². The lowest BCUT2D eigenvalue weighted by atomic mass is 10.1. The zero-order valence-corrected chi connectivity index (χ0v) is 19.6. The van der Waals surface area contributed by atoms with Crippen molar-refractivity contribution in [3.63, 3.8) is 0 Å². The molecule has 4 rings (SSSR count). The van der Waals surface area contributed by atoms with Crippen LogP contribution in [0, 0.1) is 5.92 Å². The van der Waals surface area contributed by atoms with E-state index in [4.69, 9.17) is 0 Å². The van der Waals surface area contributed by atoms with Crippen LogP contribution in [0.1, 0.15) is 31.7 Å². The molecule has 2 amide bonds. The van der Waals surface area contributed by atoms with Gasteiger partial charge in [0.05, 0.1) is 16.5 Å². The van der Waals surface area contributed by atoms with Crippen LogP contribution in [0.5, 0.6) is 0 Å². The fraction of sp³-hybridized carbons (Fsp3) is 0.391. The lowest BCUT2D eigenvalue weighted by Gasteiger charge is -2.18. The summed E-state index contributed by atoms with van der Waals surface area (Å²) < 4.78 is 28.5. The first-order valence-corrected chi connectivity index (χ1v) is 13.3. The fourth-order valence-corrected chi connectivity index (χ4v) is 6.08. The molecule has 9 heteroatoms. The van der Waals surface area contributed by atoms with E-state index >= 15 is 0 Å². The van der Waals surface area contributed by atoms with Gasteiger partial charge in [0, 0.05) is 35.8 Å². The summed E-state index contributed by atoms with van der Waals surface area (Å²) in [7, 11) is -3.82. The highest BCUT2D eigenvalue weighted by Gasteiger charge is 2.30. The van der Waals surface area contributed by atoms with Crippen molar-refractivity contribution in [1.82, 2.24) is 4.90 Å². The molecule has 2 heterocycles. The maximum Gasteiger partial charge on any atom is 0.261 e. The molecule has 0 unspecified atom stereocenters. The third-order valence-corrected chi connectivity index (χ3v) is 8.41. The number of benzene rings is 2. The van der Waals surface area contributed by atoms with Gasteiger partial charge in [0.15, 0.2) is 0 Å². The lowest BCUT2D eigenvalue weighted by molar-refractivity contribution is -0.133. The predicted molar refractivity (Wildman–Crippen MR) is 126 cm³/mol. The van der Waals surface area contributed by atoms with Crippen molar-refractivity contribution in [1.29, 1.82) is 0 Å². The highest BCUT2D eigenvalue weighted by atomic mass is 32.2. The first kappa shape index (κ1) is 22.7. The van der Waals surface area contributed by atoms with E-state index in [1.807, 2.05) is 24.0 Å². The normalized spacial score (nSPS) is 18.6. The van der Waals surface area contributed by atoms with E-state index < -0.39 is 15.9 Å². The van der Waals surface area contributed by atoms with Crippen LogP contribution in [-0.4, -0.2) is 44.0 Å². The third kappa shape index (κ3) is 5.10. The number of fused-ring (bicyclic) bond motifs is 1. The minimum atomic E-state index is -3.82. The SMILES string of the molecule is CCc1cccc(NS(=O)(=O)c2ccc3c(c2)NC(=O)[C@@H](CC(=O)N2CCCC2)CS3)c1. The Bertz CT molecular complexity index is 1130. The number of hydrogen-bond acceptors (Lipinski definition) is 5. The fourth-order valence-electron chi connectivity index (χ4n) is 3.93. The van der Waals surface area contributed by atoms with Crippen LogP contribution in [-0.2, 0) is 26.0 Å². The minimum absolute atomic E-state index is 0.0102. The summed E-state index contributed by atoms with van der Waals surface area (Å²) in [5.41, 5.74) is 1.99. The van der Waals surface area contributed by atoms with Crippen molar-refractivity contribution in [2.24, 2.45) is 5.92 Å². The summed E-state index contributed by atoms with van der Waals surface area (Å²) in [6.45, 7) is 3.53. The number of carbonyl (C=O) groups is 2. The molecule has 0 spiro atoms. The molecule has 2 aliphatic heterocycles. The second-order valence-electron chi connectivity index (χ2n) is 8.11. The Balaban J connectivity index is 1.49. The van der Waals surface area contributed by atoms with Gasteiger partial charge in [-0.3, -0.25) is 14.3 Å². The molecule has 0 bridgehead atoms. The van der Waals surface area contributed by atoms with E-state index in [9.17, 15) is 18.0 Å². The maximum atomic E-state index is 12.9. The molecule has 0 saturated carbocycles. The average Bonchev–Trinajstić information content (AvgIpc) is 3.27. The minimum Gasteiger partial charge on any atom is -0.343 e. The van der Waals surface area contributed by atoms with Gasteiger partial charge in [-0.05, 0) is 55.2 Å². The Hall–Kier alpha value is -2.52. The first-order valence-electron chi connectivity index (χ1n) is 10.8. The van der Waals surface area contributed by atoms with Crippen molar-refractivity contribution in [2.75, 3.05) is 28.9 Å². The second-order valence-corrected chi connectivity index (χ2v) is 10.9. The number of nitrogens with one attached hydrogen (secondary N) is 2. The zero-order valence-electron chi connectivity index (χ0n) is 18.0. The standard InChI is InChI=1S/C23H27N3O4S2/c1-2-16-6-5-7-18(12-16)25-32(29,30)19-8-9-21-20(14-19)24-23(28)17(15-31-21)13-22(27)26-10-3-4-11-26/h5-9,12,14,17,25H,2-4,10-11,13,15H2,1H3,(H,24,28)/t17-/m0/s1. The largest absolute Gasteiger partial charge is 0.343 e. The molecular formula is C23H27N3O4S2. The summed E-state index contributed by atoms with van der Waals surface area (Å²) in [6, 6.07) is 12.0. The molecule has 2 N–H and O–H groups in total. The molecule has 32 heavy (non-hydrogen) atoms. The molecule has 0 aliphatic carbocycles. The number of carbonyl (C=O) groups excluding carboxylic acids is 2. The Morgan fingerprint density at radius 2 is 1.97 bits per heavy atom. The molecule has 0 radical (unpaired) electrons. The van der Waals surface area contributed by atoms with Gasteiger partial charge in [-0.1, -0.05) is 19.1 Å². The van der Waals surface area contributed by atoms with E-state index in [1.54, 1.807) is 24.3 Å². The van der Waals surface area contributed by atoms with Gasteiger partial charge in [-0.15, -0.1) is 11.8 Å². The molecule has 0 aromatic heterocycles. The highest BCUT2D eigenvalue weighted by Crippen LogP contribution is 2.35. The van der Waals surface area contributed by atoms with E-state index in [0.29, 0.717) is 17.1 Å². The van der Waals surface area contributed by atoms with Crippen LogP contribution in [0.4, 0.5) is 11.4 Å². The molecule has 7 nitrogen and oxygen atoms in total. The molecule has 1 saturated heterocycles. The number of nitrogens with zero attached hydrogens (tertiary/aromatic N) is 1. The molecule has 1 fully saturated rings. The van der Waals surface area contributed by atoms with Crippen molar-refractivity contribution in [2.45, 2.75) is 42.4 Å². The Morgan fingerprint density at radius 1 is 1.19 bits per heavy atom. The van der Waals surface area contributed by atoms with Crippen LogP contribution in [0.2, 0.25) is 0 Å². The van der Waals surface area contributed by atoms with Crippen LogP contribution in [0.15, 0.2) is 52.3 Å². The highest BCUT2D eigenvalue weighted by molar-refractivity contribution is 7.99. The summed E-state index contributed by atoms with van der Waals surface area (Å²) in [6.07, 6.45) is 3.00. The predicted octanol–water partition coefficient (Wildman–Crippen LogP) is 3.72. The quantitative estimate of drug-likeness (QED) is 0.667. The monoisotopic (exact) mass is 473 g/mol. The number of thioether (sulfide) groups is 1. The zero-order chi connectivity index (χ0) is 22.7. The molecule has 2 aromatic carbocycles. The lowest BCUT2D eigenvalue weighted by Crippen LogP contribution is -2.33. The van der Waals surface area contributed by atoms with Crippen LogP contribution in [0.25, 0.3) is 0 Å². The number of amides is 2. The van der Waals surface area contributed by atoms with Crippen molar-refractivity contribution >= 4 is 45.0 Å². The van der Waals surface area contributed by atoms with E-state index in [-0.39, 0.29) is 23.1 Å². The molecule has 2 aliphatic rings. The van der Waals surface area contributed by atoms with Crippen molar-refractivity contribution < 1.29 is 18.0 Å².